The van der Waals surface area contributed by atoms with Crippen LogP contribution in [-0.2, 0) is 4.79 Å². The highest BCUT2D eigenvalue weighted by Gasteiger charge is 2.31. The van der Waals surface area contributed by atoms with Crippen LogP contribution in [0.15, 0.2) is 12.7 Å². The van der Waals surface area contributed by atoms with Crippen molar-refractivity contribution < 1.29 is 4.79 Å². The zero-order valence-corrected chi connectivity index (χ0v) is 23.0. The van der Waals surface area contributed by atoms with E-state index in [1.807, 2.05) is 6.92 Å². The number of unbranched alkanes of at least 4 members (excludes halogenated alkanes) is 2. The third-order valence-electron chi connectivity index (χ3n) is 8.90. The fourth-order valence-electron chi connectivity index (χ4n) is 6.79. The molecule has 0 bridgehead atoms. The summed E-state index contributed by atoms with van der Waals surface area (Å²) in [6, 6.07) is 0.819. The fourth-order valence-corrected chi connectivity index (χ4v) is 6.79. The molecule has 0 aromatic carbocycles. The minimum atomic E-state index is 0.750. The summed E-state index contributed by atoms with van der Waals surface area (Å²) in [5, 5.41) is 3.50. The molecular formula is C31H59NO. The summed E-state index contributed by atoms with van der Waals surface area (Å²) in [6.45, 7) is 9.03. The summed E-state index contributed by atoms with van der Waals surface area (Å²) in [4.78, 5) is 8.81. The van der Waals surface area contributed by atoms with Gasteiger partial charge in [0.05, 0.1) is 0 Å². The van der Waals surface area contributed by atoms with E-state index in [9.17, 15) is 0 Å². The molecule has 3 aliphatic carbocycles. The molecule has 0 amide bonds. The van der Waals surface area contributed by atoms with Gasteiger partial charge in [-0.2, -0.15) is 0 Å². The van der Waals surface area contributed by atoms with E-state index in [-0.39, 0.29) is 0 Å². The zero-order chi connectivity index (χ0) is 24.3. The van der Waals surface area contributed by atoms with Crippen LogP contribution in [0.2, 0.25) is 0 Å². The molecule has 33 heavy (non-hydrogen) atoms. The zero-order valence-electron chi connectivity index (χ0n) is 23.0. The molecule has 3 fully saturated rings. The highest BCUT2D eigenvalue weighted by molar-refractivity contribution is 5.44. The van der Waals surface area contributed by atoms with Gasteiger partial charge in [0.15, 0.2) is 0 Å². The van der Waals surface area contributed by atoms with E-state index in [1.54, 1.807) is 70.3 Å². The van der Waals surface area contributed by atoms with Crippen molar-refractivity contribution in [3.05, 3.63) is 12.7 Å². The molecule has 2 nitrogen and oxygen atoms in total. The first kappa shape index (κ1) is 30.4. The van der Waals surface area contributed by atoms with Gasteiger partial charge in [-0.3, -0.25) is 0 Å². The van der Waals surface area contributed by atoms with Crippen molar-refractivity contribution in [2.45, 2.75) is 142 Å². The quantitative estimate of drug-likeness (QED) is 0.211. The lowest BCUT2D eigenvalue weighted by Gasteiger charge is -2.38. The maximum absolute atomic E-state index is 8.81. The van der Waals surface area contributed by atoms with Crippen molar-refractivity contribution in [2.24, 2.45) is 29.6 Å². The highest BCUT2D eigenvalue weighted by atomic mass is 16.1. The summed E-state index contributed by atoms with van der Waals surface area (Å²) < 4.78 is 0. The summed E-state index contributed by atoms with van der Waals surface area (Å²) in [6.07, 6.45) is 29.8. The second kappa shape index (κ2) is 19.7. The molecule has 0 heterocycles. The van der Waals surface area contributed by atoms with Crippen LogP contribution in [0.1, 0.15) is 136 Å². The van der Waals surface area contributed by atoms with Crippen LogP contribution < -0.4 is 5.32 Å². The average Bonchev–Trinajstić information content (AvgIpc) is 2.85. The molecule has 194 valence electrons. The highest BCUT2D eigenvalue weighted by Crippen LogP contribution is 2.42. The molecule has 0 saturated heterocycles. The minimum Gasteiger partial charge on any atom is -0.317 e. The first-order valence-electron chi connectivity index (χ1n) is 14.8. The molecule has 0 radical (unpaired) electrons. The van der Waals surface area contributed by atoms with Crippen molar-refractivity contribution >= 4 is 6.29 Å². The third-order valence-corrected chi connectivity index (χ3v) is 8.90. The number of hydrogen-bond acceptors (Lipinski definition) is 2. The first-order chi connectivity index (χ1) is 16.1. The Kier molecular flexibility index (Phi) is 18.1. The number of nitrogens with one attached hydrogen (secondary N) is 1. The summed E-state index contributed by atoms with van der Waals surface area (Å²) in [5.41, 5.74) is 0. The number of rotatable bonds is 9. The predicted octanol–water partition coefficient (Wildman–Crippen LogP) is 9.14. The molecule has 0 aromatic heterocycles. The Morgan fingerprint density at radius 2 is 1.06 bits per heavy atom. The summed E-state index contributed by atoms with van der Waals surface area (Å²) in [5.74, 6) is 5.40. The average molecular weight is 462 g/mol. The van der Waals surface area contributed by atoms with Crippen LogP contribution >= 0.6 is 0 Å². The van der Waals surface area contributed by atoms with Gasteiger partial charge in [0.2, 0.25) is 0 Å². The van der Waals surface area contributed by atoms with Gasteiger partial charge in [0, 0.05) is 6.04 Å². The monoisotopic (exact) mass is 461 g/mol. The Bertz CT molecular complexity index is 446. The Labute approximate surface area is 208 Å². The van der Waals surface area contributed by atoms with Gasteiger partial charge in [-0.05, 0) is 89.0 Å². The molecule has 1 N–H and O–H groups in total. The Balaban J connectivity index is 0.000000819. The normalized spacial score (nSPS) is 31.9. The van der Waals surface area contributed by atoms with E-state index in [4.69, 9.17) is 4.79 Å². The van der Waals surface area contributed by atoms with E-state index in [2.05, 4.69) is 25.9 Å². The first-order valence-corrected chi connectivity index (χ1v) is 14.8. The second-order valence-corrected chi connectivity index (χ2v) is 11.3. The summed E-state index contributed by atoms with van der Waals surface area (Å²) in [7, 11) is 2.15. The molecule has 0 aromatic rings. The maximum Gasteiger partial charge on any atom is 0.116 e. The molecule has 3 saturated carbocycles. The van der Waals surface area contributed by atoms with Crippen LogP contribution in [-0.4, -0.2) is 19.4 Å². The molecule has 3 aliphatic rings. The van der Waals surface area contributed by atoms with E-state index >= 15 is 0 Å². The van der Waals surface area contributed by atoms with Gasteiger partial charge < -0.3 is 10.1 Å². The van der Waals surface area contributed by atoms with E-state index in [0.29, 0.717) is 0 Å². The van der Waals surface area contributed by atoms with Gasteiger partial charge in [-0.1, -0.05) is 90.0 Å². The molecule has 0 unspecified atom stereocenters. The Hall–Kier alpha value is -0.630. The number of allylic oxidation sites excluding steroid dienone is 1. The van der Waals surface area contributed by atoms with Crippen molar-refractivity contribution in [3.8, 4) is 0 Å². The van der Waals surface area contributed by atoms with Crippen molar-refractivity contribution in [2.75, 3.05) is 7.05 Å². The van der Waals surface area contributed by atoms with Crippen LogP contribution in [0.5, 0.6) is 0 Å². The van der Waals surface area contributed by atoms with Gasteiger partial charge in [0.1, 0.15) is 6.29 Å². The largest absolute Gasteiger partial charge is 0.317 e. The van der Waals surface area contributed by atoms with Crippen molar-refractivity contribution in [1.82, 2.24) is 5.32 Å². The lowest BCUT2D eigenvalue weighted by Crippen LogP contribution is -2.33. The molecule has 0 spiro atoms. The van der Waals surface area contributed by atoms with E-state index in [0.717, 1.165) is 41.9 Å². The lowest BCUT2D eigenvalue weighted by atomic mass is 9.69. The minimum absolute atomic E-state index is 0.750. The van der Waals surface area contributed by atoms with Crippen LogP contribution in [0, 0.1) is 29.6 Å². The Morgan fingerprint density at radius 1 is 0.697 bits per heavy atom. The summed E-state index contributed by atoms with van der Waals surface area (Å²) >= 11 is 0. The Morgan fingerprint density at radius 3 is 1.45 bits per heavy atom. The van der Waals surface area contributed by atoms with E-state index in [1.165, 1.54) is 58.3 Å². The topological polar surface area (TPSA) is 29.1 Å². The number of carbonyl (C=O) groups is 1. The van der Waals surface area contributed by atoms with Gasteiger partial charge in [-0.25, -0.2) is 0 Å². The van der Waals surface area contributed by atoms with Gasteiger partial charge in [0.25, 0.3) is 0 Å². The standard InChI is InChI=1S/C26H49N.C3H6.C2H4O/c1-3-4-5-6-21-7-9-22(10-8-21)11-12-23-13-15-24(16-14-23)25-17-19-26(27-2)20-18-25;1-3-2;1-2-3/h21-27H,3-20H2,1-2H3;3H,1H2,2H3;2H,1H3. The second-order valence-electron chi connectivity index (χ2n) is 11.3. The van der Waals surface area contributed by atoms with Crippen LogP contribution in [0.3, 0.4) is 0 Å². The maximum atomic E-state index is 8.81. The van der Waals surface area contributed by atoms with Gasteiger partial charge >= 0.3 is 0 Å². The smallest absolute Gasteiger partial charge is 0.116 e. The molecule has 0 aliphatic heterocycles. The number of carbonyl (C=O) groups excluding carboxylic acids is 1. The lowest BCUT2D eigenvalue weighted by molar-refractivity contribution is -0.106. The molecule has 2 heteroatoms. The van der Waals surface area contributed by atoms with Crippen molar-refractivity contribution in [3.63, 3.8) is 0 Å². The van der Waals surface area contributed by atoms with Crippen LogP contribution in [0.25, 0.3) is 0 Å². The number of aldehydes is 1. The molecule has 3 rings (SSSR count). The van der Waals surface area contributed by atoms with Crippen molar-refractivity contribution in [1.29, 1.82) is 0 Å². The molecular weight excluding hydrogens is 402 g/mol. The predicted molar refractivity (Wildman–Crippen MR) is 147 cm³/mol. The van der Waals surface area contributed by atoms with Gasteiger partial charge in [-0.15, -0.1) is 6.58 Å². The number of hydrogen-bond donors (Lipinski definition) is 1. The van der Waals surface area contributed by atoms with E-state index < -0.39 is 0 Å². The third kappa shape index (κ3) is 13.1. The SMILES string of the molecule is C=CC.CC=O.CCCCCC1CCC(CCC2CCC(C3CCC(NC)CC3)CC2)CC1. The molecule has 0 atom stereocenters. The van der Waals surface area contributed by atoms with Crippen LogP contribution in [0.4, 0.5) is 0 Å². The fraction of sp³-hybridized carbons (Fsp3) is 0.903.